The lowest BCUT2D eigenvalue weighted by atomic mass is 9.80. The minimum atomic E-state index is -0.948. The molecule has 0 atom stereocenters. The van der Waals surface area contributed by atoms with Gasteiger partial charge < -0.3 is 9.47 Å². The predicted octanol–water partition coefficient (Wildman–Crippen LogP) is 7.57. The summed E-state index contributed by atoms with van der Waals surface area (Å²) in [7, 11) is 0. The van der Waals surface area contributed by atoms with Crippen LogP contribution in [-0.2, 0) is 0 Å². The molecule has 0 aliphatic heterocycles. The topological polar surface area (TPSA) is 18.5 Å². The quantitative estimate of drug-likeness (QED) is 0.394. The van der Waals surface area contributed by atoms with Crippen molar-refractivity contribution in [2.24, 2.45) is 11.8 Å². The van der Waals surface area contributed by atoms with E-state index in [0.29, 0.717) is 24.7 Å². The fourth-order valence-corrected chi connectivity index (χ4v) is 4.15. The molecule has 0 bridgehead atoms. The molecule has 1 saturated carbocycles. The number of hydrogen-bond acceptors (Lipinski definition) is 2. The monoisotopic (exact) mass is 414 g/mol. The minimum Gasteiger partial charge on any atom is -0.493 e. The summed E-state index contributed by atoms with van der Waals surface area (Å²) in [6.45, 7) is 4.82. The number of rotatable bonds is 9. The highest BCUT2D eigenvalue weighted by molar-refractivity contribution is 5.66. The Morgan fingerprint density at radius 3 is 2.27 bits per heavy atom. The predicted molar refractivity (Wildman–Crippen MR) is 118 cm³/mol. The second-order valence-corrected chi connectivity index (χ2v) is 8.04. The van der Waals surface area contributed by atoms with Gasteiger partial charge in [-0.2, -0.15) is 4.39 Å². The van der Waals surface area contributed by atoms with E-state index >= 15 is 0 Å². The molecule has 4 heteroatoms. The molecular weight excluding hydrogens is 382 g/mol. The second-order valence-electron chi connectivity index (χ2n) is 8.04. The number of hydrogen-bond donors (Lipinski definition) is 0. The van der Waals surface area contributed by atoms with Crippen LogP contribution in [0.15, 0.2) is 48.6 Å². The Morgan fingerprint density at radius 2 is 1.60 bits per heavy atom. The van der Waals surface area contributed by atoms with Gasteiger partial charge in [0.1, 0.15) is 5.75 Å². The Morgan fingerprint density at radius 1 is 0.900 bits per heavy atom. The van der Waals surface area contributed by atoms with Gasteiger partial charge in [0.15, 0.2) is 11.6 Å². The van der Waals surface area contributed by atoms with E-state index in [2.05, 4.69) is 19.1 Å². The lowest BCUT2D eigenvalue weighted by Gasteiger charge is -2.28. The van der Waals surface area contributed by atoms with Crippen molar-refractivity contribution in [2.75, 3.05) is 13.2 Å². The van der Waals surface area contributed by atoms with Crippen LogP contribution in [0.5, 0.6) is 11.5 Å². The summed E-state index contributed by atoms with van der Waals surface area (Å²) in [5.41, 5.74) is 0.835. The Bertz CT molecular complexity index is 822. The van der Waals surface area contributed by atoms with Gasteiger partial charge in [0.05, 0.1) is 13.2 Å². The first-order chi connectivity index (χ1) is 14.6. The van der Waals surface area contributed by atoms with E-state index in [0.717, 1.165) is 11.7 Å². The van der Waals surface area contributed by atoms with Crippen molar-refractivity contribution in [3.8, 4) is 22.6 Å². The van der Waals surface area contributed by atoms with Gasteiger partial charge in [-0.05, 0) is 81.2 Å². The molecule has 0 amide bonds. The fraction of sp³-hybridized carbons (Fsp3) is 0.462. The molecule has 0 aromatic heterocycles. The van der Waals surface area contributed by atoms with Gasteiger partial charge in [-0.1, -0.05) is 37.1 Å². The summed E-state index contributed by atoms with van der Waals surface area (Å²) >= 11 is 0. The maximum atomic E-state index is 14.4. The van der Waals surface area contributed by atoms with E-state index in [4.69, 9.17) is 9.47 Å². The fourth-order valence-electron chi connectivity index (χ4n) is 4.15. The largest absolute Gasteiger partial charge is 0.493 e. The zero-order chi connectivity index (χ0) is 21.3. The average Bonchev–Trinajstić information content (AvgIpc) is 2.77. The van der Waals surface area contributed by atoms with Crippen molar-refractivity contribution < 1.29 is 18.3 Å². The van der Waals surface area contributed by atoms with E-state index in [1.165, 1.54) is 44.6 Å². The molecule has 1 fully saturated rings. The highest BCUT2D eigenvalue weighted by Crippen LogP contribution is 2.33. The van der Waals surface area contributed by atoms with Crippen LogP contribution in [-0.4, -0.2) is 13.2 Å². The van der Waals surface area contributed by atoms with E-state index < -0.39 is 11.6 Å². The molecule has 0 unspecified atom stereocenters. The molecule has 2 nitrogen and oxygen atoms in total. The minimum absolute atomic E-state index is 0.0600. The first-order valence-electron chi connectivity index (χ1n) is 11.1. The van der Waals surface area contributed by atoms with Gasteiger partial charge in [-0.3, -0.25) is 0 Å². The number of benzene rings is 2. The SMILES string of the molecule is CC=CCCC1CCC(COc2ccc(-c3ccc(OCC)c(F)c3F)cc2)CC1. The van der Waals surface area contributed by atoms with Crippen LogP contribution in [0.4, 0.5) is 8.78 Å². The van der Waals surface area contributed by atoms with Crippen LogP contribution in [0.25, 0.3) is 11.1 Å². The zero-order valence-electron chi connectivity index (χ0n) is 18.0. The third-order valence-corrected chi connectivity index (χ3v) is 5.94. The summed E-state index contributed by atoms with van der Waals surface area (Å²) in [6, 6.07) is 10.2. The van der Waals surface area contributed by atoms with Crippen molar-refractivity contribution in [3.63, 3.8) is 0 Å². The Labute approximate surface area is 178 Å². The molecule has 162 valence electrons. The molecule has 1 aliphatic rings. The van der Waals surface area contributed by atoms with Gasteiger partial charge in [-0.15, -0.1) is 0 Å². The summed E-state index contributed by atoms with van der Waals surface area (Å²) < 4.78 is 39.6. The molecule has 0 spiro atoms. The van der Waals surface area contributed by atoms with Crippen LogP contribution < -0.4 is 9.47 Å². The van der Waals surface area contributed by atoms with Gasteiger partial charge in [0, 0.05) is 5.56 Å². The molecule has 3 rings (SSSR count). The number of halogens is 2. The number of allylic oxidation sites excluding steroid dienone is 2. The summed E-state index contributed by atoms with van der Waals surface area (Å²) in [5, 5.41) is 0. The summed E-state index contributed by atoms with van der Waals surface area (Å²) in [6.07, 6.45) is 11.9. The molecule has 30 heavy (non-hydrogen) atoms. The van der Waals surface area contributed by atoms with Crippen LogP contribution >= 0.6 is 0 Å². The standard InChI is InChI=1S/C26H32F2O2/c1-3-5-6-7-19-8-10-20(11-9-19)18-30-22-14-12-21(13-15-22)23-16-17-24(29-4-2)26(28)25(23)27/h3,5,12-17,19-20H,4,6-11,18H2,1-2H3. The van der Waals surface area contributed by atoms with Crippen molar-refractivity contribution in [2.45, 2.75) is 52.4 Å². The summed E-state index contributed by atoms with van der Waals surface area (Å²) in [5.74, 6) is 0.314. The van der Waals surface area contributed by atoms with Crippen LogP contribution in [0.3, 0.4) is 0 Å². The molecule has 2 aromatic carbocycles. The van der Waals surface area contributed by atoms with Gasteiger partial charge in [-0.25, -0.2) is 4.39 Å². The zero-order valence-corrected chi connectivity index (χ0v) is 18.0. The lowest BCUT2D eigenvalue weighted by molar-refractivity contribution is 0.179. The van der Waals surface area contributed by atoms with E-state index in [-0.39, 0.29) is 11.3 Å². The first kappa shape index (κ1) is 22.3. The van der Waals surface area contributed by atoms with Gasteiger partial charge in [0.2, 0.25) is 5.82 Å². The highest BCUT2D eigenvalue weighted by atomic mass is 19.2. The molecule has 0 N–H and O–H groups in total. The van der Waals surface area contributed by atoms with Crippen LogP contribution in [0.2, 0.25) is 0 Å². The lowest BCUT2D eigenvalue weighted by Crippen LogP contribution is -2.20. The summed E-state index contributed by atoms with van der Waals surface area (Å²) in [4.78, 5) is 0. The molecule has 0 saturated heterocycles. The smallest absolute Gasteiger partial charge is 0.201 e. The highest BCUT2D eigenvalue weighted by Gasteiger charge is 2.21. The maximum absolute atomic E-state index is 14.4. The average molecular weight is 415 g/mol. The van der Waals surface area contributed by atoms with Crippen molar-refractivity contribution in [1.29, 1.82) is 0 Å². The molecule has 2 aromatic rings. The van der Waals surface area contributed by atoms with Crippen LogP contribution in [0.1, 0.15) is 52.4 Å². The molecular formula is C26H32F2O2. The number of ether oxygens (including phenoxy) is 2. The van der Waals surface area contributed by atoms with Crippen LogP contribution in [0, 0.1) is 23.5 Å². The third-order valence-electron chi connectivity index (χ3n) is 5.94. The maximum Gasteiger partial charge on any atom is 0.201 e. The van der Waals surface area contributed by atoms with Gasteiger partial charge >= 0.3 is 0 Å². The first-order valence-corrected chi connectivity index (χ1v) is 11.1. The van der Waals surface area contributed by atoms with E-state index in [9.17, 15) is 8.78 Å². The van der Waals surface area contributed by atoms with E-state index in [1.807, 2.05) is 12.1 Å². The molecule has 0 heterocycles. The van der Waals surface area contributed by atoms with Gasteiger partial charge in [0.25, 0.3) is 0 Å². The second kappa shape index (κ2) is 11.1. The Hall–Kier alpha value is -2.36. The molecule has 1 aliphatic carbocycles. The third kappa shape index (κ3) is 5.84. The molecule has 0 radical (unpaired) electrons. The van der Waals surface area contributed by atoms with Crippen molar-refractivity contribution in [3.05, 3.63) is 60.2 Å². The van der Waals surface area contributed by atoms with E-state index in [1.54, 1.807) is 25.1 Å². The Balaban J connectivity index is 1.52. The Kier molecular flexibility index (Phi) is 8.30. The van der Waals surface area contributed by atoms with Crippen molar-refractivity contribution in [1.82, 2.24) is 0 Å². The van der Waals surface area contributed by atoms with Crippen molar-refractivity contribution >= 4 is 0 Å². The normalized spacial score (nSPS) is 19.2.